The van der Waals surface area contributed by atoms with E-state index in [0.717, 1.165) is 0 Å². The number of aryl methyl sites for hydroxylation is 1. The van der Waals surface area contributed by atoms with Crippen molar-refractivity contribution in [3.05, 3.63) is 33.9 Å². The Morgan fingerprint density at radius 2 is 2.27 bits per heavy atom. The van der Waals surface area contributed by atoms with E-state index in [9.17, 15) is 0 Å². The minimum Gasteiger partial charge on any atom is -0.347 e. The largest absolute Gasteiger partial charge is 0.347 e. The SMILES string of the molecule is Cn1c2c(c3cc(Br)ccc31)CSCC2. The molecule has 0 radical (unpaired) electrons. The Bertz CT molecular complexity index is 530. The van der Waals surface area contributed by atoms with E-state index in [4.69, 9.17) is 0 Å². The van der Waals surface area contributed by atoms with Gasteiger partial charge < -0.3 is 4.57 Å². The maximum Gasteiger partial charge on any atom is 0.0483 e. The normalized spacial score (nSPS) is 15.6. The zero-order valence-electron chi connectivity index (χ0n) is 8.59. The topological polar surface area (TPSA) is 4.93 Å². The summed E-state index contributed by atoms with van der Waals surface area (Å²) in [4.78, 5) is 0. The van der Waals surface area contributed by atoms with Crippen LogP contribution in [0.1, 0.15) is 11.3 Å². The van der Waals surface area contributed by atoms with Crippen LogP contribution in [-0.2, 0) is 19.2 Å². The van der Waals surface area contributed by atoms with Crippen molar-refractivity contribution in [2.75, 3.05) is 5.75 Å². The van der Waals surface area contributed by atoms with Crippen LogP contribution in [0.5, 0.6) is 0 Å². The number of hydrogen-bond donors (Lipinski definition) is 0. The minimum absolute atomic E-state index is 1.17. The molecule has 15 heavy (non-hydrogen) atoms. The maximum absolute atomic E-state index is 3.55. The van der Waals surface area contributed by atoms with Crippen LogP contribution >= 0.6 is 27.7 Å². The molecule has 78 valence electrons. The molecule has 0 saturated carbocycles. The second kappa shape index (κ2) is 3.56. The Labute approximate surface area is 102 Å². The summed E-state index contributed by atoms with van der Waals surface area (Å²) >= 11 is 5.60. The lowest BCUT2D eigenvalue weighted by Gasteiger charge is -2.12. The molecule has 3 rings (SSSR count). The molecule has 0 spiro atoms. The molecule has 0 aliphatic carbocycles. The van der Waals surface area contributed by atoms with Crippen molar-refractivity contribution in [1.82, 2.24) is 4.57 Å². The Morgan fingerprint density at radius 1 is 1.40 bits per heavy atom. The zero-order chi connectivity index (χ0) is 10.4. The molecule has 0 amide bonds. The van der Waals surface area contributed by atoms with Crippen LogP contribution in [0, 0.1) is 0 Å². The fourth-order valence-electron chi connectivity index (χ4n) is 2.37. The molecule has 1 aromatic heterocycles. The van der Waals surface area contributed by atoms with Gasteiger partial charge in [-0.25, -0.2) is 0 Å². The van der Waals surface area contributed by atoms with E-state index in [1.807, 2.05) is 11.8 Å². The van der Waals surface area contributed by atoms with Crippen LogP contribution in [-0.4, -0.2) is 10.3 Å². The third-order valence-corrected chi connectivity index (χ3v) is 4.61. The molecule has 0 unspecified atom stereocenters. The lowest BCUT2D eigenvalue weighted by molar-refractivity contribution is 0.852. The molecule has 1 aromatic carbocycles. The van der Waals surface area contributed by atoms with Crippen molar-refractivity contribution in [3.63, 3.8) is 0 Å². The first-order valence-electron chi connectivity index (χ1n) is 5.11. The van der Waals surface area contributed by atoms with Gasteiger partial charge in [0.15, 0.2) is 0 Å². The lowest BCUT2D eigenvalue weighted by atomic mass is 10.1. The Balaban J connectivity index is 2.39. The molecule has 0 atom stereocenters. The number of nitrogens with zero attached hydrogens (tertiary/aromatic N) is 1. The quantitative estimate of drug-likeness (QED) is 0.712. The van der Waals surface area contributed by atoms with Crippen molar-refractivity contribution in [3.8, 4) is 0 Å². The van der Waals surface area contributed by atoms with Gasteiger partial charge in [-0.15, -0.1) is 0 Å². The summed E-state index contributed by atoms with van der Waals surface area (Å²) < 4.78 is 3.54. The van der Waals surface area contributed by atoms with Gasteiger partial charge in [0, 0.05) is 33.9 Å². The van der Waals surface area contributed by atoms with Gasteiger partial charge in [-0.3, -0.25) is 0 Å². The van der Waals surface area contributed by atoms with Crippen molar-refractivity contribution < 1.29 is 0 Å². The molecule has 2 heterocycles. The highest BCUT2D eigenvalue weighted by Gasteiger charge is 2.18. The molecular weight excluding hydrogens is 270 g/mol. The van der Waals surface area contributed by atoms with E-state index >= 15 is 0 Å². The second-order valence-electron chi connectivity index (χ2n) is 3.95. The zero-order valence-corrected chi connectivity index (χ0v) is 11.0. The van der Waals surface area contributed by atoms with Gasteiger partial charge in [-0.1, -0.05) is 15.9 Å². The second-order valence-corrected chi connectivity index (χ2v) is 5.97. The van der Waals surface area contributed by atoms with Crippen LogP contribution in [0.2, 0.25) is 0 Å². The Hall–Kier alpha value is -0.410. The summed E-state index contributed by atoms with van der Waals surface area (Å²) in [6.45, 7) is 0. The smallest absolute Gasteiger partial charge is 0.0483 e. The average Bonchev–Trinajstić information content (AvgIpc) is 2.54. The predicted molar refractivity (Wildman–Crippen MR) is 70.5 cm³/mol. The highest BCUT2D eigenvalue weighted by Crippen LogP contribution is 2.34. The van der Waals surface area contributed by atoms with E-state index in [1.165, 1.54) is 39.0 Å². The highest BCUT2D eigenvalue weighted by molar-refractivity contribution is 9.10. The standard InChI is InChI=1S/C12H12BrNS/c1-14-11-3-2-8(13)6-9(11)10-7-15-5-4-12(10)14/h2-3,6H,4-5,7H2,1H3. The number of halogens is 1. The van der Waals surface area contributed by atoms with Crippen molar-refractivity contribution >= 4 is 38.6 Å². The van der Waals surface area contributed by atoms with Crippen LogP contribution < -0.4 is 0 Å². The Morgan fingerprint density at radius 3 is 3.13 bits per heavy atom. The molecule has 0 saturated heterocycles. The monoisotopic (exact) mass is 281 g/mol. The summed E-state index contributed by atoms with van der Waals surface area (Å²) in [5.74, 6) is 2.43. The summed E-state index contributed by atoms with van der Waals surface area (Å²) in [7, 11) is 2.19. The maximum atomic E-state index is 3.55. The van der Waals surface area contributed by atoms with E-state index in [-0.39, 0.29) is 0 Å². The summed E-state index contributed by atoms with van der Waals surface area (Å²) in [6, 6.07) is 6.59. The van der Waals surface area contributed by atoms with Crippen LogP contribution in [0.3, 0.4) is 0 Å². The molecule has 2 aromatic rings. The average molecular weight is 282 g/mol. The number of aromatic nitrogens is 1. The molecule has 0 fully saturated rings. The molecule has 1 nitrogen and oxygen atoms in total. The number of rotatable bonds is 0. The fraction of sp³-hybridized carbons (Fsp3) is 0.333. The third kappa shape index (κ3) is 1.44. The molecular formula is C12H12BrNS. The summed E-state index contributed by atoms with van der Waals surface area (Å²) in [6.07, 6.45) is 1.21. The van der Waals surface area contributed by atoms with Crippen molar-refractivity contribution in [1.29, 1.82) is 0 Å². The number of fused-ring (bicyclic) bond motifs is 3. The van der Waals surface area contributed by atoms with Gasteiger partial charge in [0.05, 0.1) is 0 Å². The number of thioether (sulfide) groups is 1. The number of benzene rings is 1. The van der Waals surface area contributed by atoms with E-state index in [0.29, 0.717) is 0 Å². The first kappa shape index (κ1) is 9.79. The van der Waals surface area contributed by atoms with Crippen molar-refractivity contribution in [2.24, 2.45) is 7.05 Å². The van der Waals surface area contributed by atoms with E-state index in [2.05, 4.69) is 45.7 Å². The predicted octanol–water partition coefficient (Wildman–Crippen LogP) is 3.73. The molecule has 0 N–H and O–H groups in total. The van der Waals surface area contributed by atoms with Gasteiger partial charge in [0.2, 0.25) is 0 Å². The van der Waals surface area contributed by atoms with Gasteiger partial charge in [-0.05, 0) is 35.9 Å². The third-order valence-electron chi connectivity index (χ3n) is 3.13. The van der Waals surface area contributed by atoms with Crippen LogP contribution in [0.15, 0.2) is 22.7 Å². The first-order chi connectivity index (χ1) is 7.27. The van der Waals surface area contributed by atoms with Gasteiger partial charge in [0.1, 0.15) is 0 Å². The molecule has 3 heteroatoms. The first-order valence-corrected chi connectivity index (χ1v) is 7.05. The lowest BCUT2D eigenvalue weighted by Crippen LogP contribution is -2.05. The molecule has 1 aliphatic rings. The van der Waals surface area contributed by atoms with Gasteiger partial charge in [0.25, 0.3) is 0 Å². The summed E-state index contributed by atoms with van der Waals surface area (Å²) in [5, 5.41) is 1.43. The summed E-state index contributed by atoms with van der Waals surface area (Å²) in [5.41, 5.74) is 4.44. The fourth-order valence-corrected chi connectivity index (χ4v) is 3.74. The molecule has 0 bridgehead atoms. The van der Waals surface area contributed by atoms with Gasteiger partial charge in [-0.2, -0.15) is 11.8 Å². The van der Waals surface area contributed by atoms with Crippen molar-refractivity contribution in [2.45, 2.75) is 12.2 Å². The van der Waals surface area contributed by atoms with E-state index in [1.54, 1.807) is 5.56 Å². The van der Waals surface area contributed by atoms with Crippen LogP contribution in [0.25, 0.3) is 10.9 Å². The number of hydrogen-bond acceptors (Lipinski definition) is 1. The highest BCUT2D eigenvalue weighted by atomic mass is 79.9. The van der Waals surface area contributed by atoms with Gasteiger partial charge >= 0.3 is 0 Å². The minimum atomic E-state index is 1.17. The molecule has 1 aliphatic heterocycles. The van der Waals surface area contributed by atoms with Crippen LogP contribution in [0.4, 0.5) is 0 Å². The Kier molecular flexibility index (Phi) is 2.33. The van der Waals surface area contributed by atoms with E-state index < -0.39 is 0 Å².